The average Bonchev–Trinajstić information content (AvgIpc) is 2.28. The Morgan fingerprint density at radius 2 is 2.24 bits per heavy atom. The third-order valence-corrected chi connectivity index (χ3v) is 2.60. The fraction of sp³-hybridized carbons (Fsp3) is 0.273. The van der Waals surface area contributed by atoms with Crippen LogP contribution in [0.4, 0.5) is 8.78 Å². The van der Waals surface area contributed by atoms with E-state index in [1.165, 1.54) is 6.07 Å². The van der Waals surface area contributed by atoms with Crippen LogP contribution in [0.15, 0.2) is 16.6 Å². The summed E-state index contributed by atoms with van der Waals surface area (Å²) in [4.78, 5) is 11.4. The Morgan fingerprint density at radius 3 is 2.71 bits per heavy atom. The molecule has 6 heteroatoms. The van der Waals surface area contributed by atoms with Crippen LogP contribution >= 0.6 is 15.9 Å². The molecular formula is C11H8BrF2NO2. The van der Waals surface area contributed by atoms with Crippen LogP contribution in [-0.4, -0.2) is 12.6 Å². The molecule has 0 N–H and O–H groups in total. The average molecular weight is 304 g/mol. The summed E-state index contributed by atoms with van der Waals surface area (Å²) < 4.78 is 30.3. The second kappa shape index (κ2) is 5.73. The Balaban J connectivity index is 3.30. The van der Waals surface area contributed by atoms with Crippen LogP contribution in [0, 0.1) is 11.3 Å². The van der Waals surface area contributed by atoms with E-state index in [9.17, 15) is 13.6 Å². The monoisotopic (exact) mass is 303 g/mol. The highest BCUT2D eigenvalue weighted by Gasteiger charge is 2.19. The van der Waals surface area contributed by atoms with E-state index in [2.05, 4.69) is 15.9 Å². The molecule has 3 nitrogen and oxygen atoms in total. The molecule has 0 saturated carbocycles. The lowest BCUT2D eigenvalue weighted by atomic mass is 10.1. The number of hydrogen-bond acceptors (Lipinski definition) is 3. The molecule has 0 aliphatic heterocycles. The second-order valence-corrected chi connectivity index (χ2v) is 3.91. The first kappa shape index (κ1) is 13.6. The van der Waals surface area contributed by atoms with Gasteiger partial charge in [0.15, 0.2) is 0 Å². The summed E-state index contributed by atoms with van der Waals surface area (Å²) in [5.74, 6) is -0.695. The maximum atomic E-state index is 12.7. The fourth-order valence-corrected chi connectivity index (χ4v) is 1.81. The van der Waals surface area contributed by atoms with Crippen molar-refractivity contribution < 1.29 is 18.3 Å². The van der Waals surface area contributed by atoms with Gasteiger partial charge in [-0.15, -0.1) is 0 Å². The molecule has 0 saturated heterocycles. The summed E-state index contributed by atoms with van der Waals surface area (Å²) in [6, 6.07) is 3.94. The summed E-state index contributed by atoms with van der Waals surface area (Å²) in [5.41, 5.74) is -0.661. The molecule has 0 spiro atoms. The summed E-state index contributed by atoms with van der Waals surface area (Å²) in [5, 5.41) is 8.75. The van der Waals surface area contributed by atoms with Crippen LogP contribution in [0.25, 0.3) is 0 Å². The van der Waals surface area contributed by atoms with E-state index >= 15 is 0 Å². The van der Waals surface area contributed by atoms with Gasteiger partial charge in [-0.2, -0.15) is 5.26 Å². The molecule has 0 fully saturated rings. The number of hydrogen-bond donors (Lipinski definition) is 0. The molecular weight excluding hydrogens is 296 g/mol. The quantitative estimate of drug-likeness (QED) is 0.804. The molecule has 1 aromatic carbocycles. The highest BCUT2D eigenvalue weighted by molar-refractivity contribution is 9.10. The van der Waals surface area contributed by atoms with Crippen molar-refractivity contribution in [3.8, 4) is 6.07 Å². The summed E-state index contributed by atoms with van der Waals surface area (Å²) in [6.07, 6.45) is -2.82. The molecule has 0 bridgehead atoms. The van der Waals surface area contributed by atoms with Crippen molar-refractivity contribution in [2.24, 2.45) is 0 Å². The van der Waals surface area contributed by atoms with Gasteiger partial charge in [0.05, 0.1) is 17.7 Å². The van der Waals surface area contributed by atoms with Crippen molar-refractivity contribution in [1.82, 2.24) is 0 Å². The van der Waals surface area contributed by atoms with Gasteiger partial charge >= 0.3 is 5.97 Å². The summed E-state index contributed by atoms with van der Waals surface area (Å²) in [6.45, 7) is 1.77. The number of ether oxygens (including phenoxy) is 1. The molecule has 0 aromatic heterocycles. The largest absolute Gasteiger partial charge is 0.462 e. The molecule has 0 atom stereocenters. The first-order chi connectivity index (χ1) is 8.01. The van der Waals surface area contributed by atoms with Gasteiger partial charge in [0.1, 0.15) is 6.07 Å². The van der Waals surface area contributed by atoms with E-state index < -0.39 is 18.0 Å². The lowest BCUT2D eigenvalue weighted by Gasteiger charge is -2.08. The van der Waals surface area contributed by atoms with Gasteiger partial charge < -0.3 is 4.74 Å². The molecule has 0 unspecified atom stereocenters. The number of carbonyl (C=O) groups excluding carboxylic acids is 1. The minimum absolute atomic E-state index is 0.00646. The summed E-state index contributed by atoms with van der Waals surface area (Å²) >= 11 is 2.98. The smallest absolute Gasteiger partial charge is 0.338 e. The zero-order chi connectivity index (χ0) is 13.0. The Hall–Kier alpha value is -1.48. The van der Waals surface area contributed by atoms with Gasteiger partial charge in [-0.25, -0.2) is 13.6 Å². The number of nitriles is 1. The van der Waals surface area contributed by atoms with Gasteiger partial charge in [-0.3, -0.25) is 0 Å². The van der Waals surface area contributed by atoms with E-state index in [1.807, 2.05) is 0 Å². The van der Waals surface area contributed by atoms with Crippen molar-refractivity contribution >= 4 is 21.9 Å². The minimum Gasteiger partial charge on any atom is -0.462 e. The van der Waals surface area contributed by atoms with E-state index in [-0.39, 0.29) is 22.2 Å². The predicted molar refractivity (Wildman–Crippen MR) is 59.8 cm³/mol. The first-order valence-electron chi connectivity index (χ1n) is 4.70. The van der Waals surface area contributed by atoms with Crippen molar-refractivity contribution in [2.75, 3.05) is 6.61 Å². The molecule has 90 valence electrons. The first-order valence-corrected chi connectivity index (χ1v) is 5.49. The molecule has 1 rings (SSSR count). The number of rotatable bonds is 3. The van der Waals surface area contributed by atoms with Crippen LogP contribution in [0.5, 0.6) is 0 Å². The number of halogens is 3. The number of carbonyl (C=O) groups is 1. The van der Waals surface area contributed by atoms with Gasteiger partial charge in [0.25, 0.3) is 6.43 Å². The third-order valence-electron chi connectivity index (χ3n) is 1.98. The number of alkyl halides is 2. The Morgan fingerprint density at radius 1 is 1.59 bits per heavy atom. The molecule has 1 aromatic rings. The van der Waals surface area contributed by atoms with Crippen molar-refractivity contribution in [2.45, 2.75) is 13.3 Å². The number of benzene rings is 1. The van der Waals surface area contributed by atoms with Crippen LogP contribution in [0.3, 0.4) is 0 Å². The predicted octanol–water partition coefficient (Wildman–Crippen LogP) is 3.44. The van der Waals surface area contributed by atoms with Crippen molar-refractivity contribution in [3.05, 3.63) is 33.3 Å². The highest BCUT2D eigenvalue weighted by Crippen LogP contribution is 2.30. The van der Waals surface area contributed by atoms with Crippen LogP contribution in [0.2, 0.25) is 0 Å². The van der Waals surface area contributed by atoms with Crippen molar-refractivity contribution in [1.29, 1.82) is 5.26 Å². The van der Waals surface area contributed by atoms with Crippen LogP contribution in [0.1, 0.15) is 34.8 Å². The van der Waals surface area contributed by atoms with Gasteiger partial charge in [0.2, 0.25) is 0 Å². The van der Waals surface area contributed by atoms with Crippen LogP contribution in [-0.2, 0) is 4.74 Å². The molecule has 0 radical (unpaired) electrons. The molecule has 0 amide bonds. The number of nitrogens with zero attached hydrogens (tertiary/aromatic N) is 1. The normalized spacial score (nSPS) is 10.1. The zero-order valence-electron chi connectivity index (χ0n) is 8.84. The molecule has 17 heavy (non-hydrogen) atoms. The standard InChI is InChI=1S/C11H8BrF2NO2/c1-2-17-11(16)6-3-7(10(13)14)8(5-15)9(12)4-6/h3-4,10H,2H2,1H3. The lowest BCUT2D eigenvalue weighted by Crippen LogP contribution is -2.06. The van der Waals surface area contributed by atoms with Crippen molar-refractivity contribution in [3.63, 3.8) is 0 Å². The third kappa shape index (κ3) is 3.01. The topological polar surface area (TPSA) is 50.1 Å². The van der Waals surface area contributed by atoms with E-state index in [0.717, 1.165) is 6.07 Å². The van der Waals surface area contributed by atoms with E-state index in [1.54, 1.807) is 13.0 Å². The maximum absolute atomic E-state index is 12.7. The molecule has 0 heterocycles. The van der Waals surface area contributed by atoms with E-state index in [4.69, 9.17) is 10.00 Å². The zero-order valence-corrected chi connectivity index (χ0v) is 10.4. The summed E-state index contributed by atoms with van der Waals surface area (Å²) in [7, 11) is 0. The minimum atomic E-state index is -2.82. The second-order valence-electron chi connectivity index (χ2n) is 3.06. The van der Waals surface area contributed by atoms with Gasteiger partial charge in [0, 0.05) is 10.0 Å². The van der Waals surface area contributed by atoms with Gasteiger partial charge in [-0.05, 0) is 35.0 Å². The number of esters is 1. The Kier molecular flexibility index (Phi) is 4.58. The lowest BCUT2D eigenvalue weighted by molar-refractivity contribution is 0.0526. The van der Waals surface area contributed by atoms with Gasteiger partial charge in [-0.1, -0.05) is 0 Å². The van der Waals surface area contributed by atoms with E-state index in [0.29, 0.717) is 0 Å². The highest BCUT2D eigenvalue weighted by atomic mass is 79.9. The SMILES string of the molecule is CCOC(=O)c1cc(Br)c(C#N)c(C(F)F)c1. The Labute approximate surface area is 105 Å². The maximum Gasteiger partial charge on any atom is 0.338 e. The van der Waals surface area contributed by atoms with Crippen LogP contribution < -0.4 is 0 Å². The fourth-order valence-electron chi connectivity index (χ4n) is 1.25. The molecule has 0 aliphatic rings. The molecule has 0 aliphatic carbocycles. The Bertz CT molecular complexity index is 483.